The molecule has 3 aromatic heterocycles. The van der Waals surface area contributed by atoms with Crippen LogP contribution in [0.25, 0.3) is 5.82 Å². The molecule has 4 heterocycles. The first-order valence-corrected chi connectivity index (χ1v) is 7.70. The Hall–Kier alpha value is -2.67. The first-order chi connectivity index (χ1) is 11.4. The fraction of sp³-hybridized carbons (Fsp3) is 0.312. The molecule has 4 rings (SSSR count). The van der Waals surface area contributed by atoms with Crippen LogP contribution >= 0.6 is 0 Å². The maximum Gasteiger partial charge on any atom is 0.173 e. The standard InChI is InChI=1S/C16H18N6O/c1-3-14(23-10-1)13-20-6-8-21(9-7-20)15-11-17-12-16(19-15)22-5-2-4-18-22/h1-5,10-12H,6-9,13H2. The van der Waals surface area contributed by atoms with Gasteiger partial charge in [-0.1, -0.05) is 0 Å². The monoisotopic (exact) mass is 310 g/mol. The van der Waals surface area contributed by atoms with Gasteiger partial charge in [-0.15, -0.1) is 0 Å². The highest BCUT2D eigenvalue weighted by Crippen LogP contribution is 2.16. The summed E-state index contributed by atoms with van der Waals surface area (Å²) in [6, 6.07) is 5.83. The number of piperazine rings is 1. The van der Waals surface area contributed by atoms with Gasteiger partial charge in [0.15, 0.2) is 5.82 Å². The van der Waals surface area contributed by atoms with E-state index in [2.05, 4.69) is 24.9 Å². The molecule has 0 radical (unpaired) electrons. The summed E-state index contributed by atoms with van der Waals surface area (Å²) in [6.45, 7) is 4.68. The van der Waals surface area contributed by atoms with E-state index in [1.807, 2.05) is 30.6 Å². The van der Waals surface area contributed by atoms with E-state index in [-0.39, 0.29) is 0 Å². The Labute approximate surface area is 134 Å². The minimum Gasteiger partial charge on any atom is -0.468 e. The van der Waals surface area contributed by atoms with Crippen molar-refractivity contribution in [1.29, 1.82) is 0 Å². The van der Waals surface area contributed by atoms with E-state index in [0.717, 1.165) is 50.1 Å². The number of furan rings is 1. The van der Waals surface area contributed by atoms with Crippen molar-refractivity contribution in [1.82, 2.24) is 24.6 Å². The summed E-state index contributed by atoms with van der Waals surface area (Å²) in [4.78, 5) is 13.6. The van der Waals surface area contributed by atoms with E-state index >= 15 is 0 Å². The van der Waals surface area contributed by atoms with Gasteiger partial charge in [0.25, 0.3) is 0 Å². The van der Waals surface area contributed by atoms with E-state index in [9.17, 15) is 0 Å². The third kappa shape index (κ3) is 3.09. The highest BCUT2D eigenvalue weighted by molar-refractivity contribution is 5.39. The van der Waals surface area contributed by atoms with Crippen molar-refractivity contribution in [3.05, 3.63) is 55.0 Å². The van der Waals surface area contributed by atoms with Gasteiger partial charge in [-0.2, -0.15) is 5.10 Å². The first-order valence-electron chi connectivity index (χ1n) is 7.70. The van der Waals surface area contributed by atoms with Crippen molar-refractivity contribution in [3.63, 3.8) is 0 Å². The number of rotatable bonds is 4. The molecule has 23 heavy (non-hydrogen) atoms. The Bertz CT molecular complexity index is 732. The van der Waals surface area contributed by atoms with E-state index < -0.39 is 0 Å². The van der Waals surface area contributed by atoms with Crippen molar-refractivity contribution in [2.75, 3.05) is 31.1 Å². The SMILES string of the molecule is c1coc(CN2CCN(c3cncc(-n4cccn4)n3)CC2)c1. The molecule has 0 unspecified atom stereocenters. The lowest BCUT2D eigenvalue weighted by Gasteiger charge is -2.34. The van der Waals surface area contributed by atoms with Crippen LogP contribution in [0.5, 0.6) is 0 Å². The van der Waals surface area contributed by atoms with Gasteiger partial charge in [0.2, 0.25) is 0 Å². The van der Waals surface area contributed by atoms with Crippen LogP contribution in [0.15, 0.2) is 53.7 Å². The van der Waals surface area contributed by atoms with Crippen LogP contribution in [-0.4, -0.2) is 50.8 Å². The molecule has 1 aliphatic heterocycles. The Morgan fingerprint density at radius 3 is 2.65 bits per heavy atom. The predicted molar refractivity (Wildman–Crippen MR) is 85.4 cm³/mol. The summed E-state index contributed by atoms with van der Waals surface area (Å²) in [5, 5.41) is 4.20. The minimum absolute atomic E-state index is 0.741. The fourth-order valence-corrected chi connectivity index (χ4v) is 2.77. The van der Waals surface area contributed by atoms with Crippen molar-refractivity contribution in [2.24, 2.45) is 0 Å². The lowest BCUT2D eigenvalue weighted by atomic mass is 10.3. The van der Waals surface area contributed by atoms with Gasteiger partial charge in [0, 0.05) is 38.6 Å². The highest BCUT2D eigenvalue weighted by atomic mass is 16.3. The molecule has 0 spiro atoms. The van der Waals surface area contributed by atoms with Crippen molar-refractivity contribution in [2.45, 2.75) is 6.54 Å². The summed E-state index contributed by atoms with van der Waals surface area (Å²) in [7, 11) is 0. The maximum absolute atomic E-state index is 5.42. The summed E-state index contributed by atoms with van der Waals surface area (Å²) >= 11 is 0. The van der Waals surface area contributed by atoms with Gasteiger partial charge in [-0.05, 0) is 18.2 Å². The molecule has 118 valence electrons. The van der Waals surface area contributed by atoms with Crippen LogP contribution < -0.4 is 4.90 Å². The number of hydrogen-bond acceptors (Lipinski definition) is 6. The number of anilines is 1. The number of aromatic nitrogens is 4. The van der Waals surface area contributed by atoms with Crippen LogP contribution in [0, 0.1) is 0 Å². The lowest BCUT2D eigenvalue weighted by Crippen LogP contribution is -2.46. The van der Waals surface area contributed by atoms with E-state index in [4.69, 9.17) is 4.42 Å². The molecule has 0 atom stereocenters. The van der Waals surface area contributed by atoms with Gasteiger partial charge in [-0.3, -0.25) is 9.88 Å². The van der Waals surface area contributed by atoms with E-state index in [1.165, 1.54) is 0 Å². The van der Waals surface area contributed by atoms with Gasteiger partial charge in [-0.25, -0.2) is 9.67 Å². The lowest BCUT2D eigenvalue weighted by molar-refractivity contribution is 0.230. The molecule has 3 aromatic rings. The predicted octanol–water partition coefficient (Wildman–Crippen LogP) is 1.58. The Morgan fingerprint density at radius 2 is 1.91 bits per heavy atom. The quantitative estimate of drug-likeness (QED) is 0.729. The highest BCUT2D eigenvalue weighted by Gasteiger charge is 2.19. The summed E-state index contributed by atoms with van der Waals surface area (Å²) in [6.07, 6.45) is 8.87. The molecule has 0 saturated carbocycles. The smallest absolute Gasteiger partial charge is 0.173 e. The van der Waals surface area contributed by atoms with E-state index in [0.29, 0.717) is 0 Å². The molecule has 0 aliphatic carbocycles. The summed E-state index contributed by atoms with van der Waals surface area (Å²) < 4.78 is 7.14. The van der Waals surface area contributed by atoms with Crippen LogP contribution in [0.4, 0.5) is 5.82 Å². The molecule has 0 aromatic carbocycles. The topological polar surface area (TPSA) is 63.2 Å². The zero-order valence-electron chi connectivity index (χ0n) is 12.7. The minimum atomic E-state index is 0.741. The summed E-state index contributed by atoms with van der Waals surface area (Å²) in [5.74, 6) is 2.65. The molecule has 1 aliphatic rings. The van der Waals surface area contributed by atoms with Crippen molar-refractivity contribution in [3.8, 4) is 5.82 Å². The zero-order valence-corrected chi connectivity index (χ0v) is 12.7. The molecule has 1 saturated heterocycles. The first kappa shape index (κ1) is 14.0. The molecule has 0 N–H and O–H groups in total. The normalized spacial score (nSPS) is 15.9. The van der Waals surface area contributed by atoms with Gasteiger partial charge < -0.3 is 9.32 Å². The second-order valence-corrected chi connectivity index (χ2v) is 5.53. The van der Waals surface area contributed by atoms with Gasteiger partial charge >= 0.3 is 0 Å². The van der Waals surface area contributed by atoms with Gasteiger partial charge in [0.05, 0.1) is 25.2 Å². The Morgan fingerprint density at radius 1 is 1.04 bits per heavy atom. The van der Waals surface area contributed by atoms with Crippen molar-refractivity contribution < 1.29 is 4.42 Å². The maximum atomic E-state index is 5.42. The van der Waals surface area contributed by atoms with Crippen LogP contribution in [0.1, 0.15) is 5.76 Å². The molecule has 7 heteroatoms. The molecule has 0 amide bonds. The van der Waals surface area contributed by atoms with Crippen molar-refractivity contribution >= 4 is 5.82 Å². The number of hydrogen-bond donors (Lipinski definition) is 0. The fourth-order valence-electron chi connectivity index (χ4n) is 2.77. The Balaban J connectivity index is 1.41. The zero-order chi connectivity index (χ0) is 15.5. The van der Waals surface area contributed by atoms with E-state index in [1.54, 1.807) is 23.3 Å². The molecular weight excluding hydrogens is 292 g/mol. The second kappa shape index (κ2) is 6.21. The average Bonchev–Trinajstić information content (AvgIpc) is 3.29. The van der Waals surface area contributed by atoms with Crippen LogP contribution in [-0.2, 0) is 6.54 Å². The third-order valence-corrected chi connectivity index (χ3v) is 4.00. The third-order valence-electron chi connectivity index (χ3n) is 4.00. The molecule has 0 bridgehead atoms. The average molecular weight is 310 g/mol. The number of nitrogens with zero attached hydrogens (tertiary/aromatic N) is 6. The molecule has 7 nitrogen and oxygen atoms in total. The van der Waals surface area contributed by atoms with Crippen LogP contribution in [0.2, 0.25) is 0 Å². The van der Waals surface area contributed by atoms with Gasteiger partial charge in [0.1, 0.15) is 11.6 Å². The largest absolute Gasteiger partial charge is 0.468 e. The molecular formula is C16H18N6O. The molecule has 1 fully saturated rings. The second-order valence-electron chi connectivity index (χ2n) is 5.53. The summed E-state index contributed by atoms with van der Waals surface area (Å²) in [5.41, 5.74) is 0. The van der Waals surface area contributed by atoms with Crippen LogP contribution in [0.3, 0.4) is 0 Å². The Kier molecular flexibility index (Phi) is 3.77.